The Bertz CT molecular complexity index is 607. The number of carbonyl (C=O) groups is 1. The van der Waals surface area contributed by atoms with Crippen molar-refractivity contribution in [2.24, 2.45) is 5.92 Å². The molecule has 0 fully saturated rings. The lowest BCUT2D eigenvalue weighted by Crippen LogP contribution is -2.19. The smallest absolute Gasteiger partial charge is 0.127 e. The number of rotatable bonds is 9. The zero-order valence-corrected chi connectivity index (χ0v) is 14.8. The van der Waals surface area contributed by atoms with E-state index in [0.29, 0.717) is 6.61 Å². The Morgan fingerprint density at radius 3 is 2.29 bits per heavy atom. The molecule has 2 aromatic carbocycles. The Morgan fingerprint density at radius 1 is 1.04 bits per heavy atom. The number of likely N-dealkylation sites (N-methyl/N-ethyl adjacent to an activating group) is 1. The van der Waals surface area contributed by atoms with Crippen LogP contribution >= 0.6 is 0 Å². The highest BCUT2D eigenvalue weighted by Gasteiger charge is 2.18. The molecule has 0 bridgehead atoms. The lowest BCUT2D eigenvalue weighted by molar-refractivity contribution is -0.110. The van der Waals surface area contributed by atoms with Crippen LogP contribution in [0.5, 0.6) is 5.75 Å². The van der Waals surface area contributed by atoms with E-state index in [1.54, 1.807) is 0 Å². The largest absolute Gasteiger partial charge is 0.492 e. The first-order valence-corrected chi connectivity index (χ1v) is 8.47. The normalized spacial score (nSPS) is 13.5. The molecule has 3 heteroatoms. The van der Waals surface area contributed by atoms with Crippen LogP contribution in [0.2, 0.25) is 0 Å². The van der Waals surface area contributed by atoms with Gasteiger partial charge in [0.1, 0.15) is 18.6 Å². The third kappa shape index (κ3) is 5.50. The second-order valence-electron chi connectivity index (χ2n) is 6.55. The van der Waals surface area contributed by atoms with Gasteiger partial charge in [-0.05, 0) is 49.7 Å². The fourth-order valence-corrected chi connectivity index (χ4v) is 2.78. The zero-order valence-electron chi connectivity index (χ0n) is 14.8. The number of nitrogens with zero attached hydrogens (tertiary/aromatic N) is 1. The van der Waals surface area contributed by atoms with E-state index in [4.69, 9.17) is 4.74 Å². The first-order valence-electron chi connectivity index (χ1n) is 8.47. The minimum Gasteiger partial charge on any atom is -0.492 e. The third-order valence-electron chi connectivity index (χ3n) is 4.23. The summed E-state index contributed by atoms with van der Waals surface area (Å²) in [4.78, 5) is 13.6. The molecule has 0 aromatic heterocycles. The molecular formula is C21H27NO2. The van der Waals surface area contributed by atoms with Crippen molar-refractivity contribution >= 4 is 6.29 Å². The fraction of sp³-hybridized carbons (Fsp3) is 0.381. The molecule has 128 valence electrons. The first kappa shape index (κ1) is 18.2. The molecule has 0 N–H and O–H groups in total. The van der Waals surface area contributed by atoms with Gasteiger partial charge in [0.2, 0.25) is 0 Å². The summed E-state index contributed by atoms with van der Waals surface area (Å²) in [6, 6.07) is 18.2. The third-order valence-corrected chi connectivity index (χ3v) is 4.23. The predicted molar refractivity (Wildman–Crippen MR) is 98.6 cm³/mol. The Kier molecular flexibility index (Phi) is 7.01. The van der Waals surface area contributed by atoms with Crippen LogP contribution < -0.4 is 4.74 Å². The van der Waals surface area contributed by atoms with Gasteiger partial charge in [-0.3, -0.25) is 0 Å². The van der Waals surface area contributed by atoms with Crippen molar-refractivity contribution < 1.29 is 9.53 Å². The molecule has 2 rings (SSSR count). The zero-order chi connectivity index (χ0) is 17.4. The van der Waals surface area contributed by atoms with Gasteiger partial charge >= 0.3 is 0 Å². The van der Waals surface area contributed by atoms with Crippen molar-refractivity contribution in [3.05, 3.63) is 65.7 Å². The lowest BCUT2D eigenvalue weighted by atomic mass is 9.84. The molecule has 0 aliphatic heterocycles. The quantitative estimate of drug-likeness (QED) is 0.657. The molecule has 0 aliphatic rings. The van der Waals surface area contributed by atoms with E-state index in [-0.39, 0.29) is 11.8 Å². The van der Waals surface area contributed by atoms with Gasteiger partial charge in [0.25, 0.3) is 0 Å². The van der Waals surface area contributed by atoms with Crippen LogP contribution in [-0.2, 0) is 11.2 Å². The van der Waals surface area contributed by atoms with E-state index in [9.17, 15) is 4.79 Å². The maximum Gasteiger partial charge on any atom is 0.127 e. The highest BCUT2D eigenvalue weighted by molar-refractivity contribution is 5.62. The summed E-state index contributed by atoms with van der Waals surface area (Å²) in [5.41, 5.74) is 2.31. The number of hydrogen-bond donors (Lipinski definition) is 0. The van der Waals surface area contributed by atoms with Crippen molar-refractivity contribution in [3.8, 4) is 5.75 Å². The van der Waals surface area contributed by atoms with Crippen LogP contribution in [0.1, 0.15) is 24.0 Å². The van der Waals surface area contributed by atoms with Gasteiger partial charge in [-0.25, -0.2) is 0 Å². The van der Waals surface area contributed by atoms with Crippen LogP contribution in [0.3, 0.4) is 0 Å². The van der Waals surface area contributed by atoms with E-state index in [1.165, 1.54) is 5.56 Å². The molecular weight excluding hydrogens is 298 g/mol. The molecule has 0 aliphatic carbocycles. The number of benzene rings is 2. The maximum atomic E-state index is 11.5. The molecule has 0 amide bonds. The van der Waals surface area contributed by atoms with E-state index in [2.05, 4.69) is 24.0 Å². The van der Waals surface area contributed by atoms with Crippen molar-refractivity contribution in [1.29, 1.82) is 0 Å². The van der Waals surface area contributed by atoms with Crippen LogP contribution in [0.25, 0.3) is 0 Å². The average Bonchev–Trinajstić information content (AvgIpc) is 2.58. The summed E-state index contributed by atoms with van der Waals surface area (Å²) in [5, 5.41) is 0. The van der Waals surface area contributed by atoms with Crippen LogP contribution in [0.4, 0.5) is 0 Å². The number of carbonyl (C=O) groups excluding carboxylic acids is 1. The van der Waals surface area contributed by atoms with Gasteiger partial charge in [-0.2, -0.15) is 0 Å². The molecule has 0 radical (unpaired) electrons. The molecule has 24 heavy (non-hydrogen) atoms. The monoisotopic (exact) mass is 325 g/mol. The van der Waals surface area contributed by atoms with Gasteiger partial charge < -0.3 is 14.4 Å². The van der Waals surface area contributed by atoms with E-state index >= 15 is 0 Å². The highest BCUT2D eigenvalue weighted by atomic mass is 16.5. The summed E-state index contributed by atoms with van der Waals surface area (Å²) >= 11 is 0. The Hall–Kier alpha value is -2.13. The minimum atomic E-state index is -0.0674. The standard InChI is InChI=1S/C21H27NO2/c1-17(21(16-23)19-7-5-4-6-8-19)15-18-9-11-20(12-10-18)24-14-13-22(2)3/h4-12,16-17,21H,13-15H2,1-3H3. The minimum absolute atomic E-state index is 0.0674. The second-order valence-corrected chi connectivity index (χ2v) is 6.55. The lowest BCUT2D eigenvalue weighted by Gasteiger charge is -2.19. The Labute approximate surface area is 145 Å². The maximum absolute atomic E-state index is 11.5. The summed E-state index contributed by atoms with van der Waals surface area (Å²) in [7, 11) is 4.06. The summed E-state index contributed by atoms with van der Waals surface area (Å²) in [6.07, 6.45) is 1.94. The van der Waals surface area contributed by atoms with E-state index < -0.39 is 0 Å². The number of hydrogen-bond acceptors (Lipinski definition) is 3. The average molecular weight is 325 g/mol. The first-order chi connectivity index (χ1) is 11.6. The molecule has 2 unspecified atom stereocenters. The van der Waals surface area contributed by atoms with E-state index in [0.717, 1.165) is 30.6 Å². The van der Waals surface area contributed by atoms with Gasteiger partial charge in [0.15, 0.2) is 0 Å². The molecule has 0 spiro atoms. The molecule has 0 saturated carbocycles. The molecule has 3 nitrogen and oxygen atoms in total. The van der Waals surface area contributed by atoms with Crippen LogP contribution in [0.15, 0.2) is 54.6 Å². The number of aldehydes is 1. The second kappa shape index (κ2) is 9.24. The molecule has 0 heterocycles. The SMILES string of the molecule is CC(Cc1ccc(OCCN(C)C)cc1)C(C=O)c1ccccc1. The van der Waals surface area contributed by atoms with Gasteiger partial charge in [-0.1, -0.05) is 49.4 Å². The molecule has 2 aromatic rings. The van der Waals surface area contributed by atoms with Crippen LogP contribution in [-0.4, -0.2) is 38.4 Å². The predicted octanol–water partition coefficient (Wildman–Crippen LogP) is 3.79. The Balaban J connectivity index is 1.93. The summed E-state index contributed by atoms with van der Waals surface area (Å²) in [6.45, 7) is 3.72. The van der Waals surface area contributed by atoms with Gasteiger partial charge in [0.05, 0.1) is 0 Å². The molecule has 0 saturated heterocycles. The van der Waals surface area contributed by atoms with Crippen molar-refractivity contribution in [1.82, 2.24) is 4.90 Å². The van der Waals surface area contributed by atoms with Crippen molar-refractivity contribution in [2.75, 3.05) is 27.2 Å². The van der Waals surface area contributed by atoms with Gasteiger partial charge in [-0.15, -0.1) is 0 Å². The van der Waals surface area contributed by atoms with Crippen molar-refractivity contribution in [3.63, 3.8) is 0 Å². The Morgan fingerprint density at radius 2 is 1.71 bits per heavy atom. The highest BCUT2D eigenvalue weighted by Crippen LogP contribution is 2.26. The summed E-state index contributed by atoms with van der Waals surface area (Å²) in [5.74, 6) is 1.08. The van der Waals surface area contributed by atoms with Crippen molar-refractivity contribution in [2.45, 2.75) is 19.3 Å². The van der Waals surface area contributed by atoms with Gasteiger partial charge in [0, 0.05) is 12.5 Å². The van der Waals surface area contributed by atoms with Crippen LogP contribution in [0, 0.1) is 5.92 Å². The van der Waals surface area contributed by atoms with E-state index in [1.807, 2.05) is 56.6 Å². The fourth-order valence-electron chi connectivity index (χ4n) is 2.78. The molecule has 2 atom stereocenters. The summed E-state index contributed by atoms with van der Waals surface area (Å²) < 4.78 is 5.72. The topological polar surface area (TPSA) is 29.5 Å². The number of ether oxygens (including phenoxy) is 1.